The minimum atomic E-state index is -0.414. The van der Waals surface area contributed by atoms with E-state index in [-0.39, 0.29) is 11.9 Å². The van der Waals surface area contributed by atoms with Crippen molar-refractivity contribution in [2.75, 3.05) is 11.4 Å². The fourth-order valence-corrected chi connectivity index (χ4v) is 2.16. The van der Waals surface area contributed by atoms with Crippen LogP contribution in [0.4, 0.5) is 14.9 Å². The van der Waals surface area contributed by atoms with E-state index >= 15 is 0 Å². The molecule has 3 aromatic rings. The number of cyclic esters (lactones) is 1. The zero-order valence-electron chi connectivity index (χ0n) is 10.6. The first-order valence-electron chi connectivity index (χ1n) is 6.01. The number of aromatic amines is 1. The Bertz CT molecular complexity index is 688. The van der Waals surface area contributed by atoms with Gasteiger partial charge in [0, 0.05) is 3.57 Å². The molecule has 1 atom stereocenters. The molecular weight excluding hydrogens is 378 g/mol. The second kappa shape index (κ2) is 5.00. The molecular formula is C12H12FIN4O2. The highest BCUT2D eigenvalue weighted by Crippen LogP contribution is 2.24. The zero-order valence-corrected chi connectivity index (χ0v) is 12.7. The average molecular weight is 390 g/mol. The molecule has 106 valence electrons. The third-order valence-electron chi connectivity index (χ3n) is 2.92. The van der Waals surface area contributed by atoms with Gasteiger partial charge < -0.3 is 4.74 Å². The van der Waals surface area contributed by atoms with Gasteiger partial charge in [-0.1, -0.05) is 0 Å². The summed E-state index contributed by atoms with van der Waals surface area (Å²) in [5.74, 6) is -0.319. The van der Waals surface area contributed by atoms with E-state index in [1.807, 2.05) is 44.2 Å². The average Bonchev–Trinajstić information content (AvgIpc) is 2.80. The van der Waals surface area contributed by atoms with Crippen LogP contribution in [0.1, 0.15) is 6.92 Å². The number of aromatic nitrogens is 3. The number of rotatable bonds is 1. The number of carbonyl (C=O) groups is 1. The molecule has 1 aromatic carbocycles. The molecule has 1 N–H and O–H groups in total. The molecule has 20 heavy (non-hydrogen) atoms. The van der Waals surface area contributed by atoms with E-state index in [4.69, 9.17) is 4.74 Å². The normalized spacial score (nSPS) is 18.4. The SMILES string of the molecule is C[C@@H]1CN(c2ccc(I)c(F)c2)C(=O)O1.c1cn2[nH]n12. The van der Waals surface area contributed by atoms with Crippen LogP contribution in [0.25, 0.3) is 0 Å². The number of hydrogen-bond acceptors (Lipinski definition) is 2. The topological polar surface area (TPSA) is 54.2 Å². The largest absolute Gasteiger partial charge is 0.444 e. The molecule has 2 aromatic heterocycles. The summed E-state index contributed by atoms with van der Waals surface area (Å²) in [6, 6.07) is 4.70. The summed E-state index contributed by atoms with van der Waals surface area (Å²) >= 11 is 1.90. The molecule has 0 spiro atoms. The summed E-state index contributed by atoms with van der Waals surface area (Å²) in [5, 5.41) is 2.86. The van der Waals surface area contributed by atoms with E-state index in [0.29, 0.717) is 15.8 Å². The third-order valence-corrected chi connectivity index (χ3v) is 3.80. The van der Waals surface area contributed by atoms with Gasteiger partial charge in [-0.15, -0.1) is 0 Å². The van der Waals surface area contributed by atoms with E-state index < -0.39 is 6.09 Å². The number of carbonyl (C=O) groups excluding carboxylic acids is 1. The highest BCUT2D eigenvalue weighted by molar-refractivity contribution is 14.1. The summed E-state index contributed by atoms with van der Waals surface area (Å²) in [7, 11) is 0. The number of nitrogens with one attached hydrogen (secondary N) is 1. The molecule has 0 bridgehead atoms. The van der Waals surface area contributed by atoms with Crippen LogP contribution in [-0.2, 0) is 4.74 Å². The monoisotopic (exact) mass is 390 g/mol. The molecule has 4 rings (SSSR count). The van der Waals surface area contributed by atoms with Crippen LogP contribution in [0.5, 0.6) is 0 Å². The maximum Gasteiger partial charge on any atom is 0.414 e. The molecule has 0 unspecified atom stereocenters. The van der Waals surface area contributed by atoms with Crippen molar-refractivity contribution in [1.82, 2.24) is 14.5 Å². The summed E-state index contributed by atoms with van der Waals surface area (Å²) in [4.78, 5) is 12.8. The van der Waals surface area contributed by atoms with Crippen LogP contribution in [-0.4, -0.2) is 33.2 Å². The lowest BCUT2D eigenvalue weighted by Gasteiger charge is -2.12. The summed E-state index contributed by atoms with van der Waals surface area (Å²) in [6.45, 7) is 2.28. The van der Waals surface area contributed by atoms with E-state index in [0.717, 1.165) is 0 Å². The summed E-state index contributed by atoms with van der Waals surface area (Å²) in [6.07, 6.45) is 3.34. The maximum absolute atomic E-state index is 13.3. The third kappa shape index (κ3) is 2.60. The number of nitrogens with zero attached hydrogens (tertiary/aromatic N) is 3. The van der Waals surface area contributed by atoms with Gasteiger partial charge >= 0.3 is 6.09 Å². The van der Waals surface area contributed by atoms with Gasteiger partial charge in [-0.25, -0.2) is 9.18 Å². The maximum atomic E-state index is 13.3. The van der Waals surface area contributed by atoms with Crippen LogP contribution >= 0.6 is 22.6 Å². The number of fused-ring (bicyclic) bond motifs is 1. The molecule has 0 radical (unpaired) electrons. The lowest BCUT2D eigenvalue weighted by atomic mass is 10.3. The van der Waals surface area contributed by atoms with Crippen molar-refractivity contribution in [3.8, 4) is 0 Å². The molecule has 1 fully saturated rings. The van der Waals surface area contributed by atoms with Crippen molar-refractivity contribution >= 4 is 34.4 Å². The van der Waals surface area contributed by atoms with E-state index in [1.54, 1.807) is 19.1 Å². The molecule has 1 aliphatic heterocycles. The number of anilines is 1. The smallest absolute Gasteiger partial charge is 0.414 e. The molecule has 8 heteroatoms. The number of halogens is 2. The highest BCUT2D eigenvalue weighted by Gasteiger charge is 2.29. The van der Waals surface area contributed by atoms with Crippen molar-refractivity contribution in [1.29, 1.82) is 0 Å². The van der Waals surface area contributed by atoms with Gasteiger partial charge in [-0.05, 0) is 47.7 Å². The summed E-state index contributed by atoms with van der Waals surface area (Å²) < 4.78 is 22.5. The number of benzene rings is 1. The molecule has 3 heterocycles. The zero-order chi connectivity index (χ0) is 14.3. The molecule has 1 saturated heterocycles. The minimum Gasteiger partial charge on any atom is -0.444 e. The molecule has 1 aliphatic rings. The number of amides is 1. The fraction of sp³-hybridized carbons (Fsp3) is 0.250. The van der Waals surface area contributed by atoms with Crippen LogP contribution in [0, 0.1) is 9.39 Å². The van der Waals surface area contributed by atoms with Crippen LogP contribution in [0.15, 0.2) is 30.6 Å². The Morgan fingerprint density at radius 2 is 2.10 bits per heavy atom. The van der Waals surface area contributed by atoms with Gasteiger partial charge in [-0.2, -0.15) is 14.5 Å². The van der Waals surface area contributed by atoms with Crippen LogP contribution in [0.2, 0.25) is 0 Å². The van der Waals surface area contributed by atoms with Crippen LogP contribution in [0.3, 0.4) is 0 Å². The van der Waals surface area contributed by atoms with E-state index in [9.17, 15) is 9.18 Å². The van der Waals surface area contributed by atoms with Gasteiger partial charge in [0.2, 0.25) is 0 Å². The molecule has 6 nitrogen and oxygen atoms in total. The van der Waals surface area contributed by atoms with Gasteiger partial charge in [0.25, 0.3) is 0 Å². The molecule has 1 amide bonds. The van der Waals surface area contributed by atoms with Gasteiger partial charge in [0.05, 0.1) is 24.6 Å². The Balaban J connectivity index is 0.000000198. The Labute approximate surface area is 127 Å². The molecule has 0 aliphatic carbocycles. The first kappa shape index (κ1) is 13.3. The predicted molar refractivity (Wildman–Crippen MR) is 78.8 cm³/mol. The van der Waals surface area contributed by atoms with Gasteiger partial charge in [-0.3, -0.25) is 4.90 Å². The Morgan fingerprint density at radius 3 is 2.50 bits per heavy atom. The summed E-state index contributed by atoms with van der Waals surface area (Å²) in [5.41, 5.74) is 0.544. The lowest BCUT2D eigenvalue weighted by molar-refractivity contribution is 0.150. The van der Waals surface area contributed by atoms with E-state index in [1.165, 1.54) is 11.0 Å². The Hall–Kier alpha value is -1.71. The van der Waals surface area contributed by atoms with Crippen molar-refractivity contribution in [3.63, 3.8) is 0 Å². The first-order valence-corrected chi connectivity index (χ1v) is 7.08. The van der Waals surface area contributed by atoms with Crippen molar-refractivity contribution in [2.24, 2.45) is 0 Å². The molecule has 0 saturated carbocycles. The first-order chi connectivity index (χ1) is 9.54. The van der Waals surface area contributed by atoms with Gasteiger partial charge in [0.1, 0.15) is 11.9 Å². The number of hydrogen-bond donors (Lipinski definition) is 1. The number of ether oxygens (including phenoxy) is 1. The quantitative estimate of drug-likeness (QED) is 0.650. The van der Waals surface area contributed by atoms with Crippen molar-refractivity contribution in [3.05, 3.63) is 40.0 Å². The second-order valence-electron chi connectivity index (χ2n) is 4.49. The van der Waals surface area contributed by atoms with Gasteiger partial charge in [0.15, 0.2) is 0 Å². The van der Waals surface area contributed by atoms with Crippen molar-refractivity contribution in [2.45, 2.75) is 13.0 Å². The lowest BCUT2D eigenvalue weighted by Crippen LogP contribution is -2.24. The highest BCUT2D eigenvalue weighted by atomic mass is 127. The fourth-order valence-electron chi connectivity index (χ4n) is 1.82. The minimum absolute atomic E-state index is 0.139. The standard InChI is InChI=1S/C10H9FINO2.C2H3N3/c1-6-5-13(10(14)15-6)7-2-3-9(12)8(11)4-7;1-2-5-3-4(1)5/h2-4,6H,5H2,1H3;1-3H/t6-;/m1./s1. The van der Waals surface area contributed by atoms with Crippen molar-refractivity contribution < 1.29 is 13.9 Å². The number of H-pyrrole nitrogens is 1. The van der Waals surface area contributed by atoms with E-state index in [2.05, 4.69) is 5.21 Å². The second-order valence-corrected chi connectivity index (χ2v) is 5.65. The Morgan fingerprint density at radius 1 is 1.40 bits per heavy atom. The van der Waals surface area contributed by atoms with Crippen LogP contribution < -0.4 is 4.90 Å². The predicted octanol–water partition coefficient (Wildman–Crippen LogP) is 2.58. The Kier molecular flexibility index (Phi) is 3.32.